The summed E-state index contributed by atoms with van der Waals surface area (Å²) < 4.78 is 0. The zero-order valence-electron chi connectivity index (χ0n) is 23.7. The maximum absolute atomic E-state index is 2.29. The highest BCUT2D eigenvalue weighted by Gasteiger charge is 1.93. The molecule has 0 radical (unpaired) electrons. The first-order valence-electron chi connectivity index (χ1n) is 15.3. The van der Waals surface area contributed by atoms with E-state index in [0.717, 1.165) is 0 Å². The van der Waals surface area contributed by atoms with E-state index >= 15 is 0 Å². The Morgan fingerprint density at radius 3 is 0.387 bits per heavy atom. The SMILES string of the molecule is CC.CCCCCCCCCCCCCC.CCCCCCCCCCCCCCC. The van der Waals surface area contributed by atoms with Crippen LogP contribution < -0.4 is 0 Å². The molecule has 0 saturated carbocycles. The number of rotatable bonds is 23. The van der Waals surface area contributed by atoms with Crippen LogP contribution in [0.3, 0.4) is 0 Å². The smallest absolute Gasteiger partial charge is 0.0533 e. The van der Waals surface area contributed by atoms with E-state index in [1.54, 1.807) is 0 Å². The minimum absolute atomic E-state index is 1.37. The molecule has 0 aliphatic carbocycles. The third-order valence-electron chi connectivity index (χ3n) is 6.16. The van der Waals surface area contributed by atoms with E-state index in [9.17, 15) is 0 Å². The van der Waals surface area contributed by atoms with Crippen LogP contribution in [-0.2, 0) is 0 Å². The van der Waals surface area contributed by atoms with Gasteiger partial charge in [-0.15, -0.1) is 0 Å². The van der Waals surface area contributed by atoms with E-state index in [1.165, 1.54) is 161 Å². The van der Waals surface area contributed by atoms with Crippen LogP contribution in [0.15, 0.2) is 0 Å². The zero-order valence-corrected chi connectivity index (χ0v) is 23.7. The fourth-order valence-electron chi connectivity index (χ4n) is 4.01. The van der Waals surface area contributed by atoms with Crippen molar-refractivity contribution in [2.75, 3.05) is 0 Å². The van der Waals surface area contributed by atoms with Gasteiger partial charge in [-0.2, -0.15) is 0 Å². The highest BCUT2D eigenvalue weighted by atomic mass is 14.0. The molecule has 0 N–H and O–H groups in total. The van der Waals surface area contributed by atoms with Crippen LogP contribution in [0.5, 0.6) is 0 Å². The summed E-state index contributed by atoms with van der Waals surface area (Å²) in [6.07, 6.45) is 36.4. The molecular formula is C31H68. The van der Waals surface area contributed by atoms with Gasteiger partial charge in [-0.3, -0.25) is 0 Å². The van der Waals surface area contributed by atoms with Gasteiger partial charge in [-0.1, -0.05) is 202 Å². The summed E-state index contributed by atoms with van der Waals surface area (Å²) in [7, 11) is 0. The van der Waals surface area contributed by atoms with Crippen LogP contribution in [0.4, 0.5) is 0 Å². The average Bonchev–Trinajstić information content (AvgIpc) is 2.80. The fraction of sp³-hybridized carbons (Fsp3) is 1.00. The van der Waals surface area contributed by atoms with Gasteiger partial charge in [0, 0.05) is 0 Å². The monoisotopic (exact) mass is 441 g/mol. The molecule has 0 heteroatoms. The number of hydrogen-bond acceptors (Lipinski definition) is 0. The van der Waals surface area contributed by atoms with Crippen molar-refractivity contribution in [3.05, 3.63) is 0 Å². The van der Waals surface area contributed by atoms with Crippen LogP contribution >= 0.6 is 0 Å². The Bertz CT molecular complexity index is 208. The lowest BCUT2D eigenvalue weighted by Crippen LogP contribution is -1.82. The molecule has 0 atom stereocenters. The van der Waals surface area contributed by atoms with E-state index in [-0.39, 0.29) is 0 Å². The topological polar surface area (TPSA) is 0 Å². The minimum atomic E-state index is 1.37. The lowest BCUT2D eigenvalue weighted by Gasteiger charge is -2.01. The van der Waals surface area contributed by atoms with Gasteiger partial charge in [0.15, 0.2) is 0 Å². The molecule has 0 aromatic heterocycles. The van der Waals surface area contributed by atoms with Crippen LogP contribution in [0, 0.1) is 0 Å². The Hall–Kier alpha value is 0. The molecule has 0 bridgehead atoms. The summed E-state index contributed by atoms with van der Waals surface area (Å²) in [5, 5.41) is 0. The molecule has 0 nitrogen and oxygen atoms in total. The summed E-state index contributed by atoms with van der Waals surface area (Å²) in [6, 6.07) is 0. The molecule has 0 rings (SSSR count). The van der Waals surface area contributed by atoms with Gasteiger partial charge in [0.25, 0.3) is 0 Å². The van der Waals surface area contributed by atoms with Crippen molar-refractivity contribution in [1.29, 1.82) is 0 Å². The van der Waals surface area contributed by atoms with Crippen molar-refractivity contribution in [3.63, 3.8) is 0 Å². The lowest BCUT2D eigenvalue weighted by molar-refractivity contribution is 0.542. The van der Waals surface area contributed by atoms with Gasteiger partial charge in [0.1, 0.15) is 0 Å². The van der Waals surface area contributed by atoms with Gasteiger partial charge < -0.3 is 0 Å². The first kappa shape index (κ1) is 35.6. The van der Waals surface area contributed by atoms with E-state index in [1.807, 2.05) is 13.8 Å². The summed E-state index contributed by atoms with van der Waals surface area (Å²) in [5.74, 6) is 0. The first-order valence-corrected chi connectivity index (χ1v) is 15.3. The predicted molar refractivity (Wildman–Crippen MR) is 149 cm³/mol. The fourth-order valence-corrected chi connectivity index (χ4v) is 4.01. The highest BCUT2D eigenvalue weighted by molar-refractivity contribution is 4.48. The third kappa shape index (κ3) is 44.5. The molecular weight excluding hydrogens is 372 g/mol. The summed E-state index contributed by atoms with van der Waals surface area (Å²) in [6.45, 7) is 13.1. The maximum Gasteiger partial charge on any atom is -0.0533 e. The summed E-state index contributed by atoms with van der Waals surface area (Å²) >= 11 is 0. The summed E-state index contributed by atoms with van der Waals surface area (Å²) in [5.41, 5.74) is 0. The molecule has 0 fully saturated rings. The van der Waals surface area contributed by atoms with E-state index in [2.05, 4.69) is 27.7 Å². The predicted octanol–water partition coefficient (Wildman–Crippen LogP) is 12.8. The molecule has 0 spiro atoms. The lowest BCUT2D eigenvalue weighted by atomic mass is 10.1. The molecule has 0 heterocycles. The highest BCUT2D eigenvalue weighted by Crippen LogP contribution is 2.13. The van der Waals surface area contributed by atoms with Crippen molar-refractivity contribution >= 4 is 0 Å². The van der Waals surface area contributed by atoms with E-state index < -0.39 is 0 Å². The molecule has 0 aliphatic rings. The average molecular weight is 441 g/mol. The normalized spacial score (nSPS) is 10.3. The van der Waals surface area contributed by atoms with Gasteiger partial charge in [-0.05, 0) is 0 Å². The largest absolute Gasteiger partial charge is 0.0683 e. The molecule has 0 aromatic rings. The molecule has 0 saturated heterocycles. The van der Waals surface area contributed by atoms with Crippen LogP contribution in [-0.4, -0.2) is 0 Å². The Labute approximate surface area is 202 Å². The van der Waals surface area contributed by atoms with Crippen molar-refractivity contribution in [1.82, 2.24) is 0 Å². The summed E-state index contributed by atoms with van der Waals surface area (Å²) in [4.78, 5) is 0. The Morgan fingerprint density at radius 1 is 0.194 bits per heavy atom. The third-order valence-corrected chi connectivity index (χ3v) is 6.16. The maximum atomic E-state index is 2.29. The van der Waals surface area contributed by atoms with E-state index in [0.29, 0.717) is 0 Å². The number of unbranched alkanes of at least 4 members (excludes halogenated alkanes) is 23. The molecule has 0 amide bonds. The van der Waals surface area contributed by atoms with Gasteiger partial charge in [0.2, 0.25) is 0 Å². The van der Waals surface area contributed by atoms with Gasteiger partial charge >= 0.3 is 0 Å². The molecule has 0 unspecified atom stereocenters. The zero-order chi connectivity index (χ0) is 23.7. The Balaban J connectivity index is -0.000000469. The number of hydrogen-bond donors (Lipinski definition) is 0. The molecule has 0 aromatic carbocycles. The van der Waals surface area contributed by atoms with Crippen LogP contribution in [0.1, 0.15) is 202 Å². The molecule has 0 aliphatic heterocycles. The molecule has 31 heavy (non-hydrogen) atoms. The second kappa shape index (κ2) is 40.4. The Kier molecular flexibility index (Phi) is 46.3. The van der Waals surface area contributed by atoms with Crippen molar-refractivity contribution in [2.24, 2.45) is 0 Å². The standard InChI is InChI=1S/C15H32.C14H30.C2H6/c1-3-5-7-9-11-13-15-14-12-10-8-6-4-2;1-3-5-7-9-11-13-14-12-10-8-6-4-2;1-2/h3-15H2,1-2H3;3-14H2,1-2H3;1-2H3. The molecule has 192 valence electrons. The second-order valence-electron chi connectivity index (χ2n) is 9.42. The van der Waals surface area contributed by atoms with Crippen molar-refractivity contribution in [3.8, 4) is 0 Å². The van der Waals surface area contributed by atoms with Crippen molar-refractivity contribution in [2.45, 2.75) is 202 Å². The second-order valence-corrected chi connectivity index (χ2v) is 9.42. The first-order chi connectivity index (χ1) is 15.3. The van der Waals surface area contributed by atoms with Crippen LogP contribution in [0.2, 0.25) is 0 Å². The van der Waals surface area contributed by atoms with Crippen LogP contribution in [0.25, 0.3) is 0 Å². The van der Waals surface area contributed by atoms with Gasteiger partial charge in [-0.25, -0.2) is 0 Å². The van der Waals surface area contributed by atoms with E-state index in [4.69, 9.17) is 0 Å². The minimum Gasteiger partial charge on any atom is -0.0683 e. The van der Waals surface area contributed by atoms with Crippen molar-refractivity contribution < 1.29 is 0 Å². The quantitative estimate of drug-likeness (QED) is 0.138. The van der Waals surface area contributed by atoms with Gasteiger partial charge in [0.05, 0.1) is 0 Å². The Morgan fingerprint density at radius 2 is 0.290 bits per heavy atom.